The minimum Gasteiger partial charge on any atom is -0.481 e. The van der Waals surface area contributed by atoms with Crippen molar-refractivity contribution >= 4 is 49.3 Å². The van der Waals surface area contributed by atoms with Gasteiger partial charge in [0.05, 0.1) is 12.6 Å². The summed E-state index contributed by atoms with van der Waals surface area (Å²) in [6, 6.07) is 8.58. The van der Waals surface area contributed by atoms with Gasteiger partial charge in [-0.05, 0) is 49.9 Å². The van der Waals surface area contributed by atoms with Gasteiger partial charge in [0.2, 0.25) is 29.5 Å². The van der Waals surface area contributed by atoms with E-state index in [1.807, 2.05) is 0 Å². The van der Waals surface area contributed by atoms with E-state index >= 15 is 0 Å². The van der Waals surface area contributed by atoms with E-state index in [-0.39, 0.29) is 17.9 Å². The molecule has 2 rings (SSSR count). The number of aliphatic carboxylic acids is 2. The zero-order valence-corrected chi connectivity index (χ0v) is 31.8. The van der Waals surface area contributed by atoms with Crippen molar-refractivity contribution in [2.24, 2.45) is 11.7 Å². The number of amides is 5. The minimum absolute atomic E-state index is 0.0729. The highest BCUT2D eigenvalue weighted by Gasteiger charge is 2.37. The van der Waals surface area contributed by atoms with Gasteiger partial charge in [-0.15, -0.1) is 0 Å². The number of phosphoric ester groups is 1. The molecule has 0 aromatic heterocycles. The molecule has 0 spiro atoms. The van der Waals surface area contributed by atoms with Crippen molar-refractivity contribution in [3.8, 4) is 11.5 Å². The third-order valence-electron chi connectivity index (χ3n) is 8.03. The Hall–Kier alpha value is -5.52. The Morgan fingerprint density at radius 3 is 1.67 bits per heavy atom. The Labute approximate surface area is 318 Å². The largest absolute Gasteiger partial charge is 0.587 e. The molecule has 0 heterocycles. The number of carbonyl (C=O) groups excluding carboxylic acids is 5. The van der Waals surface area contributed by atoms with Crippen LogP contribution in [0, 0.1) is 5.92 Å². The molecule has 0 saturated carbocycles. The van der Waals surface area contributed by atoms with Gasteiger partial charge in [-0.3, -0.25) is 38.1 Å². The Balaban J connectivity index is 2.42. The molecule has 0 aliphatic carbocycles. The van der Waals surface area contributed by atoms with Crippen LogP contribution < -0.4 is 41.4 Å². The topological polar surface area (TPSA) is 291 Å². The summed E-state index contributed by atoms with van der Waals surface area (Å²) in [6.07, 6.45) is -1.27. The monoisotopic (exact) mass is 792 g/mol. The number of benzene rings is 2. The molecule has 19 nitrogen and oxygen atoms in total. The summed E-state index contributed by atoms with van der Waals surface area (Å²) in [6.45, 7) is 3.86. The summed E-state index contributed by atoms with van der Waals surface area (Å²) < 4.78 is 30.9. The van der Waals surface area contributed by atoms with E-state index in [2.05, 4.69) is 26.6 Å². The summed E-state index contributed by atoms with van der Waals surface area (Å²) >= 11 is 0. The normalized spacial score (nSPS) is 14.3. The average Bonchev–Trinajstić information content (AvgIpc) is 3.15. The third kappa shape index (κ3) is 16.2. The summed E-state index contributed by atoms with van der Waals surface area (Å²) in [7, 11) is -3.27. The first-order valence-corrected chi connectivity index (χ1v) is 18.8. The molecule has 0 aliphatic heterocycles. The van der Waals surface area contributed by atoms with Gasteiger partial charge in [-0.2, -0.15) is 0 Å². The van der Waals surface area contributed by atoms with Crippen LogP contribution in [0.25, 0.3) is 0 Å². The van der Waals surface area contributed by atoms with Crippen LogP contribution in [-0.4, -0.2) is 95.6 Å². The lowest BCUT2D eigenvalue weighted by Gasteiger charge is -2.28. The fraction of sp³-hybridized carbons (Fsp3) is 0.457. The number of nitrogens with one attached hydrogen (secondary N) is 5. The lowest BCUT2D eigenvalue weighted by atomic mass is 9.98. The van der Waals surface area contributed by atoms with Crippen molar-refractivity contribution < 1.29 is 61.9 Å². The highest BCUT2D eigenvalue weighted by molar-refractivity contribution is 7.49. The molecular formula is C35H49N6O13P. The predicted molar refractivity (Wildman–Crippen MR) is 196 cm³/mol. The van der Waals surface area contributed by atoms with E-state index in [0.29, 0.717) is 6.42 Å². The molecule has 9 N–H and O–H groups in total. The van der Waals surface area contributed by atoms with Gasteiger partial charge < -0.3 is 51.6 Å². The Bertz CT molecular complexity index is 1620. The molecule has 0 radical (unpaired) electrons. The molecule has 2 aromatic rings. The number of phosphoric acid groups is 1. The molecule has 5 amide bonds. The summed E-state index contributed by atoms with van der Waals surface area (Å²) in [4.78, 5) is 88.2. The van der Waals surface area contributed by atoms with Crippen LogP contribution in [0.4, 0.5) is 0 Å². The van der Waals surface area contributed by atoms with Crippen LogP contribution in [0.5, 0.6) is 11.5 Å². The van der Waals surface area contributed by atoms with E-state index in [1.165, 1.54) is 38.2 Å². The number of carbonyl (C=O) groups is 7. The van der Waals surface area contributed by atoms with Crippen molar-refractivity contribution in [3.05, 3.63) is 60.7 Å². The lowest BCUT2D eigenvalue weighted by molar-refractivity contribution is -0.139. The first kappa shape index (κ1) is 45.6. The van der Waals surface area contributed by atoms with Crippen LogP contribution in [0.3, 0.4) is 0 Å². The number of hydrogen-bond donors (Lipinski definition) is 8. The first-order valence-electron chi connectivity index (χ1n) is 17.3. The number of hydrogen-bond acceptors (Lipinski definition) is 12. The fourth-order valence-electron chi connectivity index (χ4n) is 4.65. The van der Waals surface area contributed by atoms with Gasteiger partial charge in [0, 0.05) is 19.9 Å². The number of nitrogens with two attached hydrogens (primary N) is 1. The van der Waals surface area contributed by atoms with Crippen LogP contribution in [0.2, 0.25) is 0 Å². The number of carboxylic acid groups (broad SMARTS) is 2. The van der Waals surface area contributed by atoms with Gasteiger partial charge in [-0.1, -0.05) is 56.7 Å². The minimum atomic E-state index is -4.64. The van der Waals surface area contributed by atoms with E-state index in [1.54, 1.807) is 50.2 Å². The van der Waals surface area contributed by atoms with Gasteiger partial charge in [0.1, 0.15) is 35.7 Å². The highest BCUT2D eigenvalue weighted by Crippen LogP contribution is 2.49. The SMILES string of the molecule is CC[C@H](C)[C@H](NC(=O)[C@H](COP(=O)(Oc1ccccc1)Oc1ccccc1)NC(=O)[C@H](CCC(=O)O)NC(=O)[C@H](C)NC(=O)[C@@H](N)CCC(=O)O)C(=O)NC. The summed E-state index contributed by atoms with van der Waals surface area (Å²) in [5.41, 5.74) is 5.71. The highest BCUT2D eigenvalue weighted by atomic mass is 31.2. The van der Waals surface area contributed by atoms with Gasteiger partial charge >= 0.3 is 19.8 Å². The zero-order valence-electron chi connectivity index (χ0n) is 30.9. The van der Waals surface area contributed by atoms with Crippen LogP contribution in [0.15, 0.2) is 60.7 Å². The van der Waals surface area contributed by atoms with Crippen molar-refractivity contribution in [3.63, 3.8) is 0 Å². The third-order valence-corrected chi connectivity index (χ3v) is 9.36. The molecule has 20 heteroatoms. The molecule has 302 valence electrons. The predicted octanol–water partition coefficient (Wildman–Crippen LogP) is 1.08. The van der Waals surface area contributed by atoms with E-state index in [9.17, 15) is 43.2 Å². The maximum absolute atomic E-state index is 14.1. The second-order valence-corrected chi connectivity index (χ2v) is 13.9. The molecule has 55 heavy (non-hydrogen) atoms. The van der Waals surface area contributed by atoms with E-state index in [4.69, 9.17) is 24.4 Å². The molecule has 0 aliphatic rings. The van der Waals surface area contributed by atoms with Crippen molar-refractivity contribution in [2.75, 3.05) is 13.7 Å². The lowest BCUT2D eigenvalue weighted by Crippen LogP contribution is -2.60. The molecule has 0 fully saturated rings. The van der Waals surface area contributed by atoms with Gasteiger partial charge in [-0.25, -0.2) is 4.57 Å². The van der Waals surface area contributed by atoms with Crippen molar-refractivity contribution in [1.29, 1.82) is 0 Å². The average molecular weight is 793 g/mol. The molecule has 6 atom stereocenters. The van der Waals surface area contributed by atoms with Crippen LogP contribution in [0.1, 0.15) is 52.9 Å². The molecule has 0 saturated heterocycles. The maximum Gasteiger partial charge on any atom is 0.587 e. The summed E-state index contributed by atoms with van der Waals surface area (Å²) in [5, 5.41) is 30.3. The van der Waals surface area contributed by atoms with E-state index < -0.39 is 111 Å². The summed E-state index contributed by atoms with van der Waals surface area (Å²) in [5.74, 6) is -7.17. The quantitative estimate of drug-likeness (QED) is 0.0691. The number of likely N-dealkylation sites (N-methyl/N-ethyl adjacent to an activating group) is 1. The number of para-hydroxylation sites is 2. The van der Waals surface area contributed by atoms with Gasteiger partial charge in [0.25, 0.3) is 0 Å². The standard InChI is InChI=1S/C35H49N6O13P/c1-5-21(2)30(35(50)37-4)41-34(49)27(20-52-55(51,53-23-12-8-6-9-13-23)54-24-14-10-7-11-15-24)40-33(48)26(17-19-29(44)45)39-31(46)22(3)38-32(47)25(36)16-18-28(42)43/h6-15,21-22,25-27,30H,5,16-20,36H2,1-4H3,(H,37,50)(H,38,47)(H,39,46)(H,40,48)(H,41,49)(H,42,43)(H,44,45)/t21-,22-,25-,26-,27-,30-/m0/s1. The van der Waals surface area contributed by atoms with Crippen LogP contribution >= 0.6 is 7.82 Å². The Kier molecular flexibility index (Phi) is 18.8. The zero-order chi connectivity index (χ0) is 41.1. The van der Waals surface area contributed by atoms with Gasteiger partial charge in [0.15, 0.2) is 0 Å². The Morgan fingerprint density at radius 1 is 0.691 bits per heavy atom. The first-order chi connectivity index (χ1) is 26.0. The van der Waals surface area contributed by atoms with Crippen molar-refractivity contribution in [2.45, 2.75) is 83.1 Å². The number of rotatable bonds is 24. The number of carboxylic acids is 2. The molecule has 0 unspecified atom stereocenters. The molecular weight excluding hydrogens is 743 g/mol. The molecule has 2 aromatic carbocycles. The second kappa shape index (κ2) is 22.6. The molecule has 0 bridgehead atoms. The smallest absolute Gasteiger partial charge is 0.481 e. The van der Waals surface area contributed by atoms with Crippen LogP contribution in [-0.2, 0) is 42.7 Å². The second-order valence-electron chi connectivity index (χ2n) is 12.4. The maximum atomic E-state index is 14.1. The van der Waals surface area contributed by atoms with E-state index in [0.717, 1.165) is 0 Å². The fourth-order valence-corrected chi connectivity index (χ4v) is 5.89. The van der Waals surface area contributed by atoms with Crippen molar-refractivity contribution in [1.82, 2.24) is 26.6 Å². The Morgan fingerprint density at radius 2 is 1.18 bits per heavy atom.